The number of hydrogen-bond donors (Lipinski definition) is 1. The van der Waals surface area contributed by atoms with Gasteiger partial charge in [0.1, 0.15) is 12.6 Å². The molecule has 2 aromatic rings. The Labute approximate surface area is 209 Å². The second-order valence-electron chi connectivity index (χ2n) is 7.45. The molecule has 7 nitrogen and oxygen atoms in total. The lowest BCUT2D eigenvalue weighted by Gasteiger charge is -2.31. The van der Waals surface area contributed by atoms with Crippen LogP contribution in [0.2, 0.25) is 15.1 Å². The van der Waals surface area contributed by atoms with Crippen molar-refractivity contribution in [2.24, 2.45) is 0 Å². The molecule has 0 saturated carbocycles. The highest BCUT2D eigenvalue weighted by Crippen LogP contribution is 2.29. The summed E-state index contributed by atoms with van der Waals surface area (Å²) in [4.78, 5) is 27.4. The normalized spacial score (nSPS) is 12.2. The Morgan fingerprint density at radius 1 is 1.03 bits per heavy atom. The summed E-state index contributed by atoms with van der Waals surface area (Å²) in [5, 5.41) is 3.60. The minimum absolute atomic E-state index is 0.0260. The number of anilines is 1. The summed E-state index contributed by atoms with van der Waals surface area (Å²) in [6.07, 6.45) is 1.72. The molecule has 1 unspecified atom stereocenters. The zero-order valence-corrected chi connectivity index (χ0v) is 21.6. The van der Waals surface area contributed by atoms with Gasteiger partial charge in [-0.2, -0.15) is 0 Å². The number of amides is 2. The number of carbonyl (C=O) groups is 2. The van der Waals surface area contributed by atoms with E-state index in [0.717, 1.165) is 17.0 Å². The molecule has 2 amide bonds. The number of benzene rings is 2. The quantitative estimate of drug-likeness (QED) is 0.491. The Morgan fingerprint density at radius 2 is 1.70 bits per heavy atom. The fourth-order valence-electron chi connectivity index (χ4n) is 3.04. The summed E-state index contributed by atoms with van der Waals surface area (Å²) in [7, 11) is -3.86. The van der Waals surface area contributed by atoms with Crippen LogP contribution in [-0.2, 0) is 26.2 Å². The second kappa shape index (κ2) is 11.9. The Kier molecular flexibility index (Phi) is 9.84. The van der Waals surface area contributed by atoms with E-state index < -0.39 is 28.5 Å². The van der Waals surface area contributed by atoms with E-state index in [1.165, 1.54) is 23.1 Å². The van der Waals surface area contributed by atoms with Crippen molar-refractivity contribution in [2.45, 2.75) is 32.9 Å². The molecule has 1 N–H and O–H groups in total. The second-order valence-corrected chi connectivity index (χ2v) is 10.6. The van der Waals surface area contributed by atoms with E-state index in [4.69, 9.17) is 34.8 Å². The summed E-state index contributed by atoms with van der Waals surface area (Å²) in [5.41, 5.74) is 0.809. The van der Waals surface area contributed by atoms with Gasteiger partial charge >= 0.3 is 0 Å². The van der Waals surface area contributed by atoms with Crippen LogP contribution in [0.15, 0.2) is 42.5 Å². The Bertz CT molecular complexity index is 1110. The van der Waals surface area contributed by atoms with Gasteiger partial charge in [0.25, 0.3) is 0 Å². The smallest absolute Gasteiger partial charge is 0.244 e. The lowest BCUT2D eigenvalue weighted by Crippen LogP contribution is -2.51. The third kappa shape index (κ3) is 7.50. The third-order valence-corrected chi connectivity index (χ3v) is 7.13. The van der Waals surface area contributed by atoms with Crippen LogP contribution in [0.1, 0.15) is 25.8 Å². The Hall–Kier alpha value is -2.00. The molecule has 180 valence electrons. The molecule has 0 aliphatic rings. The topological polar surface area (TPSA) is 86.8 Å². The molecule has 2 aromatic carbocycles. The molecule has 33 heavy (non-hydrogen) atoms. The molecule has 0 radical (unpaired) electrons. The van der Waals surface area contributed by atoms with Gasteiger partial charge in [0.15, 0.2) is 0 Å². The fourth-order valence-corrected chi connectivity index (χ4v) is 4.37. The molecular weight excluding hydrogens is 509 g/mol. The van der Waals surface area contributed by atoms with Gasteiger partial charge in [0, 0.05) is 18.1 Å². The first kappa shape index (κ1) is 27.2. The number of nitrogens with one attached hydrogen (secondary N) is 1. The minimum atomic E-state index is -3.86. The van der Waals surface area contributed by atoms with Gasteiger partial charge in [-0.15, -0.1) is 0 Å². The number of carbonyl (C=O) groups excluding carboxylic acids is 2. The first-order valence-electron chi connectivity index (χ1n) is 10.2. The van der Waals surface area contributed by atoms with E-state index >= 15 is 0 Å². The van der Waals surface area contributed by atoms with Crippen molar-refractivity contribution in [3.8, 4) is 0 Å². The van der Waals surface area contributed by atoms with Gasteiger partial charge in [-0.05, 0) is 43.2 Å². The standard InChI is InChI=1S/C22H26Cl3N3O4S/c1-4-11-26-22(30)15(2)27(13-16-7-5-6-8-18(16)23)21(29)14-28(33(3,31)32)17-9-10-19(24)20(25)12-17/h5-10,12,15H,4,11,13-14H2,1-3H3,(H,26,30). The summed E-state index contributed by atoms with van der Waals surface area (Å²) in [6, 6.07) is 10.4. The van der Waals surface area contributed by atoms with Gasteiger partial charge in [-0.25, -0.2) is 8.42 Å². The maximum atomic E-state index is 13.4. The average Bonchev–Trinajstić information content (AvgIpc) is 2.75. The van der Waals surface area contributed by atoms with Gasteiger partial charge in [-0.1, -0.05) is 59.9 Å². The van der Waals surface area contributed by atoms with Crippen molar-refractivity contribution in [1.29, 1.82) is 0 Å². The molecule has 0 aliphatic heterocycles. The first-order chi connectivity index (χ1) is 15.5. The lowest BCUT2D eigenvalue weighted by molar-refractivity contribution is -0.139. The lowest BCUT2D eigenvalue weighted by atomic mass is 10.1. The highest BCUT2D eigenvalue weighted by molar-refractivity contribution is 7.92. The van der Waals surface area contributed by atoms with Crippen molar-refractivity contribution >= 4 is 62.3 Å². The highest BCUT2D eigenvalue weighted by Gasteiger charge is 2.30. The van der Waals surface area contributed by atoms with Crippen LogP contribution in [0.5, 0.6) is 0 Å². The number of rotatable bonds is 10. The summed E-state index contributed by atoms with van der Waals surface area (Å²) >= 11 is 18.3. The van der Waals surface area contributed by atoms with Crippen LogP contribution in [0.25, 0.3) is 0 Å². The van der Waals surface area contributed by atoms with Crippen LogP contribution in [0.4, 0.5) is 5.69 Å². The molecule has 2 rings (SSSR count). The predicted molar refractivity (Wildman–Crippen MR) is 133 cm³/mol. The third-order valence-electron chi connectivity index (χ3n) is 4.89. The highest BCUT2D eigenvalue weighted by atomic mass is 35.5. The molecule has 0 heterocycles. The van der Waals surface area contributed by atoms with Gasteiger partial charge < -0.3 is 10.2 Å². The maximum absolute atomic E-state index is 13.4. The fraction of sp³-hybridized carbons (Fsp3) is 0.364. The predicted octanol–water partition coefficient (Wildman–Crippen LogP) is 4.36. The van der Waals surface area contributed by atoms with E-state index in [0.29, 0.717) is 17.1 Å². The van der Waals surface area contributed by atoms with Crippen molar-refractivity contribution < 1.29 is 18.0 Å². The monoisotopic (exact) mass is 533 g/mol. The van der Waals surface area contributed by atoms with E-state index in [-0.39, 0.29) is 28.2 Å². The van der Waals surface area contributed by atoms with E-state index in [2.05, 4.69) is 5.32 Å². The Morgan fingerprint density at radius 3 is 2.27 bits per heavy atom. The molecule has 1 atom stereocenters. The number of halogens is 3. The molecule has 0 aliphatic carbocycles. The SMILES string of the molecule is CCCNC(=O)C(C)N(Cc1ccccc1Cl)C(=O)CN(c1ccc(Cl)c(Cl)c1)S(C)(=O)=O. The van der Waals surface area contributed by atoms with Crippen molar-refractivity contribution in [3.05, 3.63) is 63.1 Å². The molecule has 0 fully saturated rings. The minimum Gasteiger partial charge on any atom is -0.354 e. The Balaban J connectivity index is 2.40. The van der Waals surface area contributed by atoms with Crippen LogP contribution in [0.3, 0.4) is 0 Å². The zero-order valence-electron chi connectivity index (χ0n) is 18.5. The first-order valence-corrected chi connectivity index (χ1v) is 13.2. The largest absolute Gasteiger partial charge is 0.354 e. The van der Waals surface area contributed by atoms with E-state index in [9.17, 15) is 18.0 Å². The van der Waals surface area contributed by atoms with Crippen LogP contribution >= 0.6 is 34.8 Å². The van der Waals surface area contributed by atoms with Crippen LogP contribution in [0, 0.1) is 0 Å². The summed E-state index contributed by atoms with van der Waals surface area (Å²) < 4.78 is 26.0. The van der Waals surface area contributed by atoms with Gasteiger partial charge in [0.2, 0.25) is 21.8 Å². The number of hydrogen-bond acceptors (Lipinski definition) is 4. The number of nitrogens with zero attached hydrogens (tertiary/aromatic N) is 2. The van der Waals surface area contributed by atoms with E-state index in [1.807, 2.05) is 6.92 Å². The summed E-state index contributed by atoms with van der Waals surface area (Å²) in [5.74, 6) is -0.928. The molecule has 0 saturated heterocycles. The van der Waals surface area contributed by atoms with Crippen molar-refractivity contribution in [2.75, 3.05) is 23.7 Å². The summed E-state index contributed by atoms with van der Waals surface area (Å²) in [6.45, 7) is 3.45. The molecular formula is C22H26Cl3N3O4S. The van der Waals surface area contributed by atoms with E-state index in [1.54, 1.807) is 31.2 Å². The molecule has 0 bridgehead atoms. The molecule has 0 spiro atoms. The molecule has 11 heteroatoms. The average molecular weight is 535 g/mol. The van der Waals surface area contributed by atoms with Crippen LogP contribution < -0.4 is 9.62 Å². The van der Waals surface area contributed by atoms with Crippen molar-refractivity contribution in [3.63, 3.8) is 0 Å². The van der Waals surface area contributed by atoms with Gasteiger partial charge in [-0.3, -0.25) is 13.9 Å². The van der Waals surface area contributed by atoms with Gasteiger partial charge in [0.05, 0.1) is 22.0 Å². The van der Waals surface area contributed by atoms with Crippen molar-refractivity contribution in [1.82, 2.24) is 10.2 Å². The zero-order chi connectivity index (χ0) is 24.8. The number of sulfonamides is 1. The molecule has 0 aromatic heterocycles. The maximum Gasteiger partial charge on any atom is 0.244 e. The van der Waals surface area contributed by atoms with Crippen LogP contribution in [-0.4, -0.2) is 50.5 Å².